The van der Waals surface area contributed by atoms with E-state index in [2.05, 4.69) is 0 Å². The zero-order valence-electron chi connectivity index (χ0n) is 11.3. The highest BCUT2D eigenvalue weighted by Gasteiger charge is 2.32. The topological polar surface area (TPSA) is 35.2 Å². The number of hydrogen-bond donors (Lipinski definition) is 1. The van der Waals surface area contributed by atoms with Crippen LogP contribution in [0.2, 0.25) is 0 Å². The average molecular weight is 263 g/mol. The normalized spacial score (nSPS) is 22.2. The second kappa shape index (κ2) is 5.12. The molecule has 0 heterocycles. The summed E-state index contributed by atoms with van der Waals surface area (Å²) < 4.78 is 19.5. The van der Waals surface area contributed by atoms with Crippen LogP contribution in [0.1, 0.15) is 50.5 Å². The van der Waals surface area contributed by atoms with Gasteiger partial charge in [-0.15, -0.1) is 0 Å². The Balaban J connectivity index is 1.75. The number of ether oxygens (including phenoxy) is 1. The van der Waals surface area contributed by atoms with E-state index in [1.165, 1.54) is 25.3 Å². The Kier molecular flexibility index (Phi) is 3.48. The first-order chi connectivity index (χ1) is 9.16. The minimum absolute atomic E-state index is 0.238. The van der Waals surface area contributed by atoms with Gasteiger partial charge < -0.3 is 10.5 Å². The van der Waals surface area contributed by atoms with Gasteiger partial charge in [-0.25, -0.2) is 4.39 Å². The van der Waals surface area contributed by atoms with Gasteiger partial charge in [-0.3, -0.25) is 0 Å². The van der Waals surface area contributed by atoms with E-state index in [9.17, 15) is 4.39 Å². The Bertz CT molecular complexity index is 450. The molecule has 1 aromatic rings. The predicted molar refractivity (Wildman–Crippen MR) is 73.6 cm³/mol. The fourth-order valence-corrected chi connectivity index (χ4v) is 3.10. The molecule has 0 radical (unpaired) electrons. The SMILES string of the molecule is NC1(c2cc(F)cc(OCC3CCC3)c2)CCCC1. The van der Waals surface area contributed by atoms with Crippen LogP contribution in [0, 0.1) is 11.7 Å². The van der Waals surface area contributed by atoms with Gasteiger partial charge in [-0.2, -0.15) is 0 Å². The third-order valence-corrected chi connectivity index (χ3v) is 4.65. The molecule has 2 aliphatic rings. The van der Waals surface area contributed by atoms with Crippen LogP contribution >= 0.6 is 0 Å². The Labute approximate surface area is 114 Å². The summed E-state index contributed by atoms with van der Waals surface area (Å²) >= 11 is 0. The molecule has 0 atom stereocenters. The quantitative estimate of drug-likeness (QED) is 0.898. The molecule has 2 nitrogen and oxygen atoms in total. The molecule has 0 aliphatic heterocycles. The van der Waals surface area contributed by atoms with Crippen LogP contribution in [-0.4, -0.2) is 6.61 Å². The summed E-state index contributed by atoms with van der Waals surface area (Å²) in [6.07, 6.45) is 7.92. The van der Waals surface area contributed by atoms with E-state index in [1.807, 2.05) is 6.07 Å². The average Bonchev–Trinajstić information content (AvgIpc) is 2.75. The fourth-order valence-electron chi connectivity index (χ4n) is 3.10. The third kappa shape index (κ3) is 2.76. The van der Waals surface area contributed by atoms with E-state index in [0.717, 1.165) is 31.2 Å². The van der Waals surface area contributed by atoms with Gasteiger partial charge >= 0.3 is 0 Å². The molecule has 19 heavy (non-hydrogen) atoms. The molecule has 104 valence electrons. The highest BCUT2D eigenvalue weighted by atomic mass is 19.1. The van der Waals surface area contributed by atoms with Crippen LogP contribution in [0.4, 0.5) is 4.39 Å². The van der Waals surface area contributed by atoms with Crippen molar-refractivity contribution < 1.29 is 9.13 Å². The van der Waals surface area contributed by atoms with Crippen molar-refractivity contribution in [2.45, 2.75) is 50.5 Å². The first-order valence-corrected chi connectivity index (χ1v) is 7.38. The van der Waals surface area contributed by atoms with E-state index in [-0.39, 0.29) is 11.4 Å². The maximum atomic E-state index is 13.7. The molecule has 3 rings (SSSR count). The van der Waals surface area contributed by atoms with Crippen molar-refractivity contribution >= 4 is 0 Å². The molecule has 2 fully saturated rings. The minimum Gasteiger partial charge on any atom is -0.493 e. The monoisotopic (exact) mass is 263 g/mol. The summed E-state index contributed by atoms with van der Waals surface area (Å²) in [5.74, 6) is 1.06. The molecular formula is C16H22FNO. The Morgan fingerprint density at radius 2 is 1.89 bits per heavy atom. The Morgan fingerprint density at radius 3 is 2.53 bits per heavy atom. The second-order valence-corrected chi connectivity index (χ2v) is 6.15. The number of halogens is 1. The van der Waals surface area contributed by atoms with E-state index in [0.29, 0.717) is 18.3 Å². The van der Waals surface area contributed by atoms with Crippen molar-refractivity contribution in [1.82, 2.24) is 0 Å². The molecule has 3 heteroatoms. The maximum absolute atomic E-state index is 13.7. The molecule has 0 amide bonds. The van der Waals surface area contributed by atoms with Gasteiger partial charge in [0.25, 0.3) is 0 Å². The molecule has 2 N–H and O–H groups in total. The summed E-state index contributed by atoms with van der Waals surface area (Å²) in [5, 5.41) is 0. The second-order valence-electron chi connectivity index (χ2n) is 6.15. The van der Waals surface area contributed by atoms with Crippen molar-refractivity contribution in [3.63, 3.8) is 0 Å². The standard InChI is InChI=1S/C16H22FNO/c17-14-8-13(16(18)6-1-2-7-16)9-15(10-14)19-11-12-4-3-5-12/h8-10,12H,1-7,11,18H2. The van der Waals surface area contributed by atoms with E-state index < -0.39 is 0 Å². The van der Waals surface area contributed by atoms with Crippen molar-refractivity contribution in [3.05, 3.63) is 29.6 Å². The minimum atomic E-state index is -0.351. The molecule has 0 bridgehead atoms. The molecule has 1 aromatic carbocycles. The first kappa shape index (κ1) is 12.9. The van der Waals surface area contributed by atoms with Crippen molar-refractivity contribution in [2.24, 2.45) is 11.7 Å². The van der Waals surface area contributed by atoms with Crippen LogP contribution < -0.4 is 10.5 Å². The zero-order valence-corrected chi connectivity index (χ0v) is 11.3. The third-order valence-electron chi connectivity index (χ3n) is 4.65. The summed E-state index contributed by atoms with van der Waals surface area (Å²) in [5.41, 5.74) is 6.94. The number of benzene rings is 1. The highest BCUT2D eigenvalue weighted by Crippen LogP contribution is 2.38. The maximum Gasteiger partial charge on any atom is 0.127 e. The summed E-state index contributed by atoms with van der Waals surface area (Å²) in [7, 11) is 0. The molecule has 0 aromatic heterocycles. The summed E-state index contributed by atoms with van der Waals surface area (Å²) in [6.45, 7) is 0.709. The van der Waals surface area contributed by atoms with Crippen LogP contribution in [-0.2, 0) is 5.54 Å². The number of rotatable bonds is 4. The van der Waals surface area contributed by atoms with Crippen LogP contribution in [0.25, 0.3) is 0 Å². The Morgan fingerprint density at radius 1 is 1.16 bits per heavy atom. The van der Waals surface area contributed by atoms with Gasteiger partial charge in [0.05, 0.1) is 6.61 Å². The van der Waals surface area contributed by atoms with Gasteiger partial charge in [0.2, 0.25) is 0 Å². The lowest BCUT2D eigenvalue weighted by atomic mass is 9.86. The van der Waals surface area contributed by atoms with Crippen LogP contribution in [0.5, 0.6) is 5.75 Å². The molecule has 0 unspecified atom stereocenters. The Hall–Kier alpha value is -1.09. The smallest absolute Gasteiger partial charge is 0.127 e. The lowest BCUT2D eigenvalue weighted by molar-refractivity contribution is 0.180. The van der Waals surface area contributed by atoms with E-state index in [4.69, 9.17) is 10.5 Å². The van der Waals surface area contributed by atoms with Gasteiger partial charge in [-0.1, -0.05) is 19.3 Å². The first-order valence-electron chi connectivity index (χ1n) is 7.38. The van der Waals surface area contributed by atoms with Gasteiger partial charge in [0, 0.05) is 11.6 Å². The van der Waals surface area contributed by atoms with Crippen molar-refractivity contribution in [1.29, 1.82) is 0 Å². The number of hydrogen-bond acceptors (Lipinski definition) is 2. The number of nitrogens with two attached hydrogens (primary N) is 1. The van der Waals surface area contributed by atoms with Gasteiger partial charge in [-0.05, 0) is 49.3 Å². The molecule has 0 saturated heterocycles. The van der Waals surface area contributed by atoms with Gasteiger partial charge in [0.1, 0.15) is 11.6 Å². The fraction of sp³-hybridized carbons (Fsp3) is 0.625. The molecule has 2 saturated carbocycles. The van der Waals surface area contributed by atoms with E-state index >= 15 is 0 Å². The van der Waals surface area contributed by atoms with Gasteiger partial charge in [0.15, 0.2) is 0 Å². The zero-order chi connectivity index (χ0) is 13.3. The molecule has 0 spiro atoms. The summed E-state index contributed by atoms with van der Waals surface area (Å²) in [6, 6.07) is 4.98. The van der Waals surface area contributed by atoms with Crippen LogP contribution in [0.15, 0.2) is 18.2 Å². The van der Waals surface area contributed by atoms with Crippen LogP contribution in [0.3, 0.4) is 0 Å². The molecular weight excluding hydrogens is 241 g/mol. The molecule has 2 aliphatic carbocycles. The predicted octanol–water partition coefficient (Wildman–Crippen LogP) is 3.73. The van der Waals surface area contributed by atoms with Crippen molar-refractivity contribution in [3.8, 4) is 5.75 Å². The largest absolute Gasteiger partial charge is 0.493 e. The highest BCUT2D eigenvalue weighted by molar-refractivity contribution is 5.34. The lowest BCUT2D eigenvalue weighted by Gasteiger charge is -2.27. The summed E-state index contributed by atoms with van der Waals surface area (Å²) in [4.78, 5) is 0. The van der Waals surface area contributed by atoms with E-state index in [1.54, 1.807) is 6.07 Å². The lowest BCUT2D eigenvalue weighted by Crippen LogP contribution is -2.33. The van der Waals surface area contributed by atoms with Crippen molar-refractivity contribution in [2.75, 3.05) is 6.61 Å².